The summed E-state index contributed by atoms with van der Waals surface area (Å²) in [6.45, 7) is 3.90. The standard InChI is InChI=1S/C19H18ClN3O2S/c1-3-15(25-16-7-5-4-6-14(16)20)17(24)21-19-23-22-18(26-19)13-10-8-12(2)9-11-13/h4-11,15H,3H2,1-2H3,(H,21,23,24)/t15-/m1/s1. The molecule has 0 unspecified atom stereocenters. The second-order valence-corrected chi connectivity index (χ2v) is 7.10. The van der Waals surface area contributed by atoms with E-state index in [1.165, 1.54) is 16.9 Å². The van der Waals surface area contributed by atoms with Gasteiger partial charge in [-0.1, -0.05) is 71.8 Å². The average molecular weight is 388 g/mol. The van der Waals surface area contributed by atoms with E-state index in [0.29, 0.717) is 22.3 Å². The molecule has 0 radical (unpaired) electrons. The van der Waals surface area contributed by atoms with E-state index in [4.69, 9.17) is 16.3 Å². The maximum absolute atomic E-state index is 12.5. The first-order valence-electron chi connectivity index (χ1n) is 8.19. The van der Waals surface area contributed by atoms with Crippen LogP contribution < -0.4 is 10.1 Å². The number of rotatable bonds is 6. The van der Waals surface area contributed by atoms with E-state index in [-0.39, 0.29) is 5.91 Å². The lowest BCUT2D eigenvalue weighted by molar-refractivity contribution is -0.122. The number of hydrogen-bond acceptors (Lipinski definition) is 5. The van der Waals surface area contributed by atoms with Gasteiger partial charge in [0.25, 0.3) is 5.91 Å². The van der Waals surface area contributed by atoms with Gasteiger partial charge < -0.3 is 4.74 Å². The van der Waals surface area contributed by atoms with Crippen molar-refractivity contribution in [3.05, 3.63) is 59.1 Å². The molecule has 0 spiro atoms. The number of amides is 1. The van der Waals surface area contributed by atoms with Gasteiger partial charge in [0.15, 0.2) is 6.10 Å². The highest BCUT2D eigenvalue weighted by Crippen LogP contribution is 2.28. The van der Waals surface area contributed by atoms with Crippen LogP contribution >= 0.6 is 22.9 Å². The van der Waals surface area contributed by atoms with Crippen LogP contribution in [0.25, 0.3) is 10.6 Å². The zero-order chi connectivity index (χ0) is 18.5. The molecule has 1 atom stereocenters. The van der Waals surface area contributed by atoms with Crippen LogP contribution in [-0.4, -0.2) is 22.2 Å². The number of carbonyl (C=O) groups is 1. The highest BCUT2D eigenvalue weighted by Gasteiger charge is 2.21. The van der Waals surface area contributed by atoms with Crippen LogP contribution in [0.4, 0.5) is 5.13 Å². The first-order chi connectivity index (χ1) is 12.6. The Labute approximate surface area is 161 Å². The molecule has 0 aliphatic carbocycles. The fraction of sp³-hybridized carbons (Fsp3) is 0.211. The summed E-state index contributed by atoms with van der Waals surface area (Å²) in [4.78, 5) is 12.5. The lowest BCUT2D eigenvalue weighted by Crippen LogP contribution is -2.32. The second-order valence-electron chi connectivity index (χ2n) is 5.71. The largest absolute Gasteiger partial charge is 0.479 e. The molecule has 5 nitrogen and oxygen atoms in total. The molecule has 1 aromatic heterocycles. The number of aryl methyl sites for hydroxylation is 1. The summed E-state index contributed by atoms with van der Waals surface area (Å²) < 4.78 is 5.75. The van der Waals surface area contributed by atoms with Gasteiger partial charge in [-0.15, -0.1) is 10.2 Å². The molecular formula is C19H18ClN3O2S. The third-order valence-corrected chi connectivity index (χ3v) is 4.92. The lowest BCUT2D eigenvalue weighted by atomic mass is 10.2. The molecule has 1 heterocycles. The number of nitrogens with zero attached hydrogens (tertiary/aromatic N) is 2. The number of aromatic nitrogens is 2. The van der Waals surface area contributed by atoms with Crippen molar-refractivity contribution in [2.75, 3.05) is 5.32 Å². The minimum Gasteiger partial charge on any atom is -0.479 e. The van der Waals surface area contributed by atoms with Crippen LogP contribution in [0.15, 0.2) is 48.5 Å². The Balaban J connectivity index is 1.68. The van der Waals surface area contributed by atoms with Crippen molar-refractivity contribution < 1.29 is 9.53 Å². The molecule has 0 aliphatic heterocycles. The van der Waals surface area contributed by atoms with Crippen LogP contribution in [0.5, 0.6) is 5.75 Å². The van der Waals surface area contributed by atoms with Crippen molar-refractivity contribution >= 4 is 34.0 Å². The molecule has 0 saturated heterocycles. The molecule has 0 aliphatic rings. The summed E-state index contributed by atoms with van der Waals surface area (Å²) in [6.07, 6.45) is -0.164. The number of carbonyl (C=O) groups excluding carboxylic acids is 1. The van der Waals surface area contributed by atoms with Crippen LogP contribution in [0.1, 0.15) is 18.9 Å². The Kier molecular flexibility index (Phi) is 5.85. The molecule has 0 fully saturated rings. The summed E-state index contributed by atoms with van der Waals surface area (Å²) in [5, 5.41) is 12.6. The Morgan fingerprint density at radius 2 is 1.92 bits per heavy atom. The van der Waals surface area contributed by atoms with E-state index >= 15 is 0 Å². The van der Waals surface area contributed by atoms with Gasteiger partial charge in [-0.05, 0) is 25.5 Å². The Hall–Kier alpha value is -2.44. The van der Waals surface area contributed by atoms with Gasteiger partial charge in [-0.25, -0.2) is 0 Å². The molecular weight excluding hydrogens is 370 g/mol. The SMILES string of the molecule is CC[C@@H](Oc1ccccc1Cl)C(=O)Nc1nnc(-c2ccc(C)cc2)s1. The monoisotopic (exact) mass is 387 g/mol. The summed E-state index contributed by atoms with van der Waals surface area (Å²) in [6, 6.07) is 15.1. The molecule has 3 aromatic rings. The van der Waals surface area contributed by atoms with Gasteiger partial charge >= 0.3 is 0 Å². The quantitative estimate of drug-likeness (QED) is 0.649. The predicted molar refractivity (Wildman–Crippen MR) is 105 cm³/mol. The summed E-state index contributed by atoms with van der Waals surface area (Å²) in [5.74, 6) is 0.202. The van der Waals surface area contributed by atoms with Gasteiger partial charge in [0.05, 0.1) is 5.02 Å². The summed E-state index contributed by atoms with van der Waals surface area (Å²) in [5.41, 5.74) is 2.14. The fourth-order valence-electron chi connectivity index (χ4n) is 2.29. The molecule has 1 amide bonds. The zero-order valence-electron chi connectivity index (χ0n) is 14.4. The van der Waals surface area contributed by atoms with Crippen LogP contribution in [-0.2, 0) is 4.79 Å². The van der Waals surface area contributed by atoms with Gasteiger partial charge in [-0.3, -0.25) is 10.1 Å². The number of ether oxygens (including phenoxy) is 1. The molecule has 7 heteroatoms. The maximum atomic E-state index is 12.5. The molecule has 0 bridgehead atoms. The smallest absolute Gasteiger partial charge is 0.267 e. The molecule has 134 valence electrons. The van der Waals surface area contributed by atoms with Gasteiger partial charge in [0.1, 0.15) is 10.8 Å². The minimum atomic E-state index is -0.665. The van der Waals surface area contributed by atoms with Crippen molar-refractivity contribution in [2.45, 2.75) is 26.4 Å². The molecule has 0 saturated carbocycles. The number of hydrogen-bond donors (Lipinski definition) is 1. The topological polar surface area (TPSA) is 64.1 Å². The fourth-order valence-corrected chi connectivity index (χ4v) is 3.22. The van der Waals surface area contributed by atoms with E-state index in [9.17, 15) is 4.79 Å². The van der Waals surface area contributed by atoms with Crippen molar-refractivity contribution in [3.63, 3.8) is 0 Å². The van der Waals surface area contributed by atoms with E-state index < -0.39 is 6.10 Å². The normalized spacial score (nSPS) is 11.8. The minimum absolute atomic E-state index is 0.279. The number of nitrogens with one attached hydrogen (secondary N) is 1. The number of anilines is 1. The highest BCUT2D eigenvalue weighted by atomic mass is 35.5. The summed E-state index contributed by atoms with van der Waals surface area (Å²) in [7, 11) is 0. The molecule has 2 aromatic carbocycles. The van der Waals surface area contributed by atoms with E-state index in [1.807, 2.05) is 50.2 Å². The van der Waals surface area contributed by atoms with Gasteiger partial charge in [0, 0.05) is 5.56 Å². The van der Waals surface area contributed by atoms with Crippen molar-refractivity contribution in [1.82, 2.24) is 10.2 Å². The summed E-state index contributed by atoms with van der Waals surface area (Å²) >= 11 is 7.42. The lowest BCUT2D eigenvalue weighted by Gasteiger charge is -2.17. The number of halogens is 1. The Morgan fingerprint density at radius 3 is 2.62 bits per heavy atom. The van der Waals surface area contributed by atoms with Crippen molar-refractivity contribution in [2.24, 2.45) is 0 Å². The number of para-hydroxylation sites is 1. The first kappa shape index (κ1) is 18.4. The van der Waals surface area contributed by atoms with Gasteiger partial charge in [-0.2, -0.15) is 0 Å². The second kappa shape index (κ2) is 8.29. The number of benzene rings is 2. The van der Waals surface area contributed by atoms with Crippen molar-refractivity contribution in [3.8, 4) is 16.3 Å². The first-order valence-corrected chi connectivity index (χ1v) is 9.39. The van der Waals surface area contributed by atoms with E-state index in [1.54, 1.807) is 12.1 Å². The zero-order valence-corrected chi connectivity index (χ0v) is 16.0. The predicted octanol–water partition coefficient (Wildman–Crippen LogP) is 4.96. The van der Waals surface area contributed by atoms with E-state index in [2.05, 4.69) is 15.5 Å². The van der Waals surface area contributed by atoms with Crippen LogP contribution in [0, 0.1) is 6.92 Å². The van der Waals surface area contributed by atoms with E-state index in [0.717, 1.165) is 10.6 Å². The molecule has 3 rings (SSSR count). The third kappa shape index (κ3) is 4.39. The molecule has 26 heavy (non-hydrogen) atoms. The Morgan fingerprint density at radius 1 is 1.19 bits per heavy atom. The van der Waals surface area contributed by atoms with Crippen molar-refractivity contribution in [1.29, 1.82) is 0 Å². The Bertz CT molecular complexity index is 896. The third-order valence-electron chi connectivity index (χ3n) is 3.72. The molecule has 1 N–H and O–H groups in total. The van der Waals surface area contributed by atoms with Crippen LogP contribution in [0.2, 0.25) is 5.02 Å². The maximum Gasteiger partial charge on any atom is 0.267 e. The highest BCUT2D eigenvalue weighted by molar-refractivity contribution is 7.18. The van der Waals surface area contributed by atoms with Crippen LogP contribution in [0.3, 0.4) is 0 Å². The average Bonchev–Trinajstić information content (AvgIpc) is 3.10. The van der Waals surface area contributed by atoms with Gasteiger partial charge in [0.2, 0.25) is 5.13 Å².